The molecule has 0 radical (unpaired) electrons. The molecule has 0 aliphatic rings. The van der Waals surface area contributed by atoms with E-state index in [0.717, 1.165) is 4.90 Å². The first-order chi connectivity index (χ1) is 10.5. The Morgan fingerprint density at radius 1 is 1.05 bits per heavy atom. The maximum atomic E-state index is 12.1. The Hall–Kier alpha value is -1.50. The number of hydrogen-bond donors (Lipinski definition) is 2. The molecule has 7 heteroatoms. The lowest BCUT2D eigenvalue weighted by Crippen LogP contribution is -2.41. The van der Waals surface area contributed by atoms with Crippen molar-refractivity contribution in [2.45, 2.75) is 4.90 Å². The molecule has 0 saturated carbocycles. The fourth-order valence-electron chi connectivity index (χ4n) is 1.70. The first kappa shape index (κ1) is 16.9. The van der Waals surface area contributed by atoms with Crippen LogP contribution in [-0.4, -0.2) is 18.1 Å². The molecule has 22 heavy (non-hydrogen) atoms. The summed E-state index contributed by atoms with van der Waals surface area (Å²) in [5, 5.41) is 0.324. The Morgan fingerprint density at radius 3 is 2.32 bits per heavy atom. The quantitative estimate of drug-likeness (QED) is 0.608. The molecule has 0 aromatic heterocycles. The van der Waals surface area contributed by atoms with Crippen LogP contribution in [-0.2, 0) is 0 Å². The summed E-state index contributed by atoms with van der Waals surface area (Å²) in [7, 11) is 0. The van der Waals surface area contributed by atoms with Crippen LogP contribution in [0.4, 0.5) is 0 Å². The van der Waals surface area contributed by atoms with Gasteiger partial charge in [0.1, 0.15) is 0 Å². The van der Waals surface area contributed by atoms with Crippen molar-refractivity contribution in [2.24, 2.45) is 0 Å². The van der Waals surface area contributed by atoms with Crippen LogP contribution < -0.4 is 10.9 Å². The highest BCUT2D eigenvalue weighted by atomic mass is 79.9. The van der Waals surface area contributed by atoms with E-state index in [1.54, 1.807) is 36.4 Å². The number of hydrazine groups is 1. The second-order valence-electron chi connectivity index (χ2n) is 4.23. The molecule has 2 amide bonds. The number of halogens is 2. The molecule has 0 aliphatic heterocycles. The minimum Gasteiger partial charge on any atom is -0.267 e. The van der Waals surface area contributed by atoms with Crippen LogP contribution in [0.1, 0.15) is 20.7 Å². The minimum atomic E-state index is -0.471. The van der Waals surface area contributed by atoms with Gasteiger partial charge in [-0.25, -0.2) is 0 Å². The summed E-state index contributed by atoms with van der Waals surface area (Å²) in [6.45, 7) is 0. The smallest absolute Gasteiger partial charge is 0.267 e. The largest absolute Gasteiger partial charge is 0.271 e. The molecule has 2 rings (SSSR count). The van der Waals surface area contributed by atoms with E-state index in [0.29, 0.717) is 20.6 Å². The molecule has 2 N–H and O–H groups in total. The number of benzene rings is 2. The van der Waals surface area contributed by atoms with Gasteiger partial charge in [0.15, 0.2) is 0 Å². The topological polar surface area (TPSA) is 58.2 Å². The van der Waals surface area contributed by atoms with Crippen molar-refractivity contribution in [1.29, 1.82) is 0 Å². The predicted molar refractivity (Wildman–Crippen MR) is 92.3 cm³/mol. The van der Waals surface area contributed by atoms with Gasteiger partial charge >= 0.3 is 0 Å². The number of hydrogen-bond acceptors (Lipinski definition) is 3. The zero-order valence-corrected chi connectivity index (χ0v) is 14.7. The van der Waals surface area contributed by atoms with Crippen molar-refractivity contribution in [3.63, 3.8) is 0 Å². The maximum Gasteiger partial charge on any atom is 0.271 e. The molecule has 0 aliphatic carbocycles. The van der Waals surface area contributed by atoms with Gasteiger partial charge in [-0.2, -0.15) is 0 Å². The van der Waals surface area contributed by atoms with Gasteiger partial charge in [-0.05, 0) is 52.5 Å². The van der Waals surface area contributed by atoms with E-state index in [9.17, 15) is 9.59 Å². The SMILES string of the molecule is CSc1ccc(Cl)c(C(=O)NNC(=O)c2ccccc2Br)c1. The maximum absolute atomic E-state index is 12.1. The molecule has 2 aromatic rings. The molecule has 0 spiro atoms. The van der Waals surface area contributed by atoms with Crippen molar-refractivity contribution in [3.8, 4) is 0 Å². The molecule has 0 fully saturated rings. The summed E-state index contributed by atoms with van der Waals surface area (Å²) in [6.07, 6.45) is 1.90. The van der Waals surface area contributed by atoms with Crippen molar-refractivity contribution in [1.82, 2.24) is 10.9 Å². The van der Waals surface area contributed by atoms with Crippen LogP contribution in [0, 0.1) is 0 Å². The Bertz CT molecular complexity index is 724. The van der Waals surface area contributed by atoms with Crippen LogP contribution in [0.3, 0.4) is 0 Å². The number of carbonyl (C=O) groups is 2. The third-order valence-electron chi connectivity index (χ3n) is 2.83. The third kappa shape index (κ3) is 4.03. The van der Waals surface area contributed by atoms with E-state index in [2.05, 4.69) is 26.8 Å². The van der Waals surface area contributed by atoms with Gasteiger partial charge in [0.05, 0.1) is 16.1 Å². The van der Waals surface area contributed by atoms with Crippen molar-refractivity contribution < 1.29 is 9.59 Å². The normalized spacial score (nSPS) is 10.1. The molecule has 2 aromatic carbocycles. The van der Waals surface area contributed by atoms with E-state index in [4.69, 9.17) is 11.6 Å². The highest BCUT2D eigenvalue weighted by Gasteiger charge is 2.14. The second-order valence-corrected chi connectivity index (χ2v) is 6.38. The first-order valence-electron chi connectivity index (χ1n) is 6.21. The summed E-state index contributed by atoms with van der Waals surface area (Å²) in [5.74, 6) is -0.890. The van der Waals surface area contributed by atoms with Gasteiger partial charge < -0.3 is 0 Å². The molecule has 0 atom stereocenters. The molecular formula is C15H12BrClN2O2S. The van der Waals surface area contributed by atoms with Crippen LogP contribution >= 0.6 is 39.3 Å². The Labute approximate surface area is 145 Å². The summed E-state index contributed by atoms with van der Waals surface area (Å²) in [5.41, 5.74) is 5.46. The monoisotopic (exact) mass is 398 g/mol. The number of rotatable bonds is 3. The lowest BCUT2D eigenvalue weighted by molar-refractivity contribution is 0.0846. The highest BCUT2D eigenvalue weighted by Crippen LogP contribution is 2.22. The first-order valence-corrected chi connectivity index (χ1v) is 8.61. The van der Waals surface area contributed by atoms with Crippen LogP contribution in [0.25, 0.3) is 0 Å². The zero-order valence-electron chi connectivity index (χ0n) is 11.5. The number of carbonyl (C=O) groups excluding carboxylic acids is 2. The van der Waals surface area contributed by atoms with E-state index >= 15 is 0 Å². The molecule has 4 nitrogen and oxygen atoms in total. The number of thioether (sulfide) groups is 1. The lowest BCUT2D eigenvalue weighted by atomic mass is 10.2. The van der Waals surface area contributed by atoms with Gasteiger partial charge in [0, 0.05) is 9.37 Å². The summed E-state index contributed by atoms with van der Waals surface area (Å²) in [4.78, 5) is 25.0. The van der Waals surface area contributed by atoms with Gasteiger partial charge in [0.2, 0.25) is 0 Å². The van der Waals surface area contributed by atoms with Gasteiger partial charge in [0.25, 0.3) is 11.8 Å². The molecule has 114 valence electrons. The number of nitrogens with one attached hydrogen (secondary N) is 2. The van der Waals surface area contributed by atoms with Crippen LogP contribution in [0.5, 0.6) is 0 Å². The number of amides is 2. The van der Waals surface area contributed by atoms with Crippen molar-refractivity contribution in [3.05, 3.63) is 63.1 Å². The highest BCUT2D eigenvalue weighted by molar-refractivity contribution is 9.10. The van der Waals surface area contributed by atoms with E-state index in [-0.39, 0.29) is 0 Å². The Balaban J connectivity index is 2.07. The zero-order chi connectivity index (χ0) is 16.1. The Morgan fingerprint density at radius 2 is 1.68 bits per heavy atom. The van der Waals surface area contributed by atoms with E-state index in [1.807, 2.05) is 12.3 Å². The van der Waals surface area contributed by atoms with E-state index < -0.39 is 11.8 Å². The molecule has 0 saturated heterocycles. The average Bonchev–Trinajstić information content (AvgIpc) is 2.53. The molecular weight excluding hydrogens is 388 g/mol. The Kier molecular flexibility index (Phi) is 5.88. The van der Waals surface area contributed by atoms with Crippen LogP contribution in [0.15, 0.2) is 51.8 Å². The van der Waals surface area contributed by atoms with Gasteiger partial charge in [-0.3, -0.25) is 20.4 Å². The predicted octanol–water partition coefficient (Wildman–Crippen LogP) is 3.90. The fourth-order valence-corrected chi connectivity index (χ4v) is 2.81. The van der Waals surface area contributed by atoms with E-state index in [1.165, 1.54) is 11.8 Å². The summed E-state index contributed by atoms with van der Waals surface area (Å²) in [6, 6.07) is 12.1. The lowest BCUT2D eigenvalue weighted by Gasteiger charge is -2.10. The fraction of sp³-hybridized carbons (Fsp3) is 0.0667. The molecule has 0 unspecified atom stereocenters. The third-order valence-corrected chi connectivity index (χ3v) is 4.57. The average molecular weight is 400 g/mol. The minimum absolute atomic E-state index is 0.306. The molecule has 0 bridgehead atoms. The van der Waals surface area contributed by atoms with Crippen molar-refractivity contribution in [2.75, 3.05) is 6.26 Å². The van der Waals surface area contributed by atoms with Crippen molar-refractivity contribution >= 4 is 51.1 Å². The molecule has 0 heterocycles. The summed E-state index contributed by atoms with van der Waals surface area (Å²) < 4.78 is 0.643. The second kappa shape index (κ2) is 7.67. The standard InChI is InChI=1S/C15H12BrClN2O2S/c1-22-9-6-7-13(17)11(8-9)15(21)19-18-14(20)10-4-2-3-5-12(10)16/h2-8H,1H3,(H,18,20)(H,19,21). The van der Waals surface area contributed by atoms with Crippen LogP contribution in [0.2, 0.25) is 5.02 Å². The van der Waals surface area contributed by atoms with Gasteiger partial charge in [-0.15, -0.1) is 11.8 Å². The van der Waals surface area contributed by atoms with Gasteiger partial charge in [-0.1, -0.05) is 23.7 Å². The summed E-state index contributed by atoms with van der Waals surface area (Å²) >= 11 is 10.8.